The Morgan fingerprint density at radius 2 is 2.00 bits per heavy atom. The highest BCUT2D eigenvalue weighted by Crippen LogP contribution is 2.37. The van der Waals surface area contributed by atoms with Gasteiger partial charge < -0.3 is 15.0 Å². The molecular formula is C23H24FN3O4. The third-order valence-electron chi connectivity index (χ3n) is 5.10. The summed E-state index contributed by atoms with van der Waals surface area (Å²) < 4.78 is 18.6. The van der Waals surface area contributed by atoms with Crippen LogP contribution in [0.3, 0.4) is 0 Å². The molecule has 0 bridgehead atoms. The summed E-state index contributed by atoms with van der Waals surface area (Å²) in [6, 6.07) is 9.28. The molecule has 0 spiro atoms. The van der Waals surface area contributed by atoms with E-state index >= 15 is 0 Å². The van der Waals surface area contributed by atoms with Crippen molar-refractivity contribution in [2.75, 3.05) is 13.2 Å². The Labute approximate surface area is 179 Å². The number of pyridine rings is 1. The van der Waals surface area contributed by atoms with Gasteiger partial charge in [-0.2, -0.15) is 0 Å². The molecule has 2 aromatic rings. The van der Waals surface area contributed by atoms with E-state index in [0.29, 0.717) is 16.8 Å². The molecular weight excluding hydrogens is 401 g/mol. The van der Waals surface area contributed by atoms with Crippen LogP contribution in [0.1, 0.15) is 37.3 Å². The zero-order chi connectivity index (χ0) is 22.4. The average molecular weight is 425 g/mol. The zero-order valence-corrected chi connectivity index (χ0v) is 17.4. The number of rotatable bonds is 7. The molecule has 1 unspecified atom stereocenters. The van der Waals surface area contributed by atoms with Crippen molar-refractivity contribution in [2.45, 2.75) is 32.7 Å². The van der Waals surface area contributed by atoms with Crippen LogP contribution in [0.15, 0.2) is 60.1 Å². The van der Waals surface area contributed by atoms with Crippen molar-refractivity contribution in [1.29, 1.82) is 0 Å². The first-order chi connectivity index (χ1) is 14.9. The molecule has 1 aromatic heterocycles. The SMILES string of the molecule is CCOC(=O)C1=C(C)N(CC(=O)NCc2cccnc2)C(=O)CC1c1ccc(F)cc1. The van der Waals surface area contributed by atoms with Crippen molar-refractivity contribution in [3.63, 3.8) is 0 Å². The van der Waals surface area contributed by atoms with Gasteiger partial charge in [0.25, 0.3) is 0 Å². The minimum atomic E-state index is -0.568. The quantitative estimate of drug-likeness (QED) is 0.689. The Hall–Kier alpha value is -3.55. The van der Waals surface area contributed by atoms with E-state index in [1.807, 2.05) is 6.07 Å². The van der Waals surface area contributed by atoms with Crippen molar-refractivity contribution in [1.82, 2.24) is 15.2 Å². The lowest BCUT2D eigenvalue weighted by molar-refractivity contribution is -0.141. The maximum atomic E-state index is 13.4. The number of esters is 1. The molecule has 2 heterocycles. The maximum Gasteiger partial charge on any atom is 0.336 e. The Bertz CT molecular complexity index is 990. The molecule has 7 nitrogen and oxygen atoms in total. The van der Waals surface area contributed by atoms with Crippen molar-refractivity contribution >= 4 is 17.8 Å². The van der Waals surface area contributed by atoms with Gasteiger partial charge >= 0.3 is 5.97 Å². The molecule has 162 valence electrons. The van der Waals surface area contributed by atoms with Crippen LogP contribution in [0.4, 0.5) is 4.39 Å². The normalized spacial score (nSPS) is 16.3. The van der Waals surface area contributed by atoms with E-state index in [4.69, 9.17) is 4.74 Å². The number of allylic oxidation sites excluding steroid dienone is 1. The zero-order valence-electron chi connectivity index (χ0n) is 17.4. The van der Waals surface area contributed by atoms with Crippen molar-refractivity contribution in [3.8, 4) is 0 Å². The molecule has 31 heavy (non-hydrogen) atoms. The highest BCUT2D eigenvalue weighted by atomic mass is 19.1. The summed E-state index contributed by atoms with van der Waals surface area (Å²) in [4.78, 5) is 43.3. The molecule has 2 amide bonds. The fourth-order valence-electron chi connectivity index (χ4n) is 3.56. The fraction of sp³-hybridized carbons (Fsp3) is 0.304. The Morgan fingerprint density at radius 3 is 2.65 bits per heavy atom. The minimum Gasteiger partial charge on any atom is -0.463 e. The maximum absolute atomic E-state index is 13.4. The van der Waals surface area contributed by atoms with Gasteiger partial charge in [-0.25, -0.2) is 9.18 Å². The first-order valence-corrected chi connectivity index (χ1v) is 10.00. The number of hydrogen-bond donors (Lipinski definition) is 1. The van der Waals surface area contributed by atoms with Crippen LogP contribution in [0.5, 0.6) is 0 Å². The number of nitrogens with one attached hydrogen (secondary N) is 1. The van der Waals surface area contributed by atoms with Gasteiger partial charge in [-0.3, -0.25) is 14.6 Å². The van der Waals surface area contributed by atoms with Gasteiger partial charge in [-0.15, -0.1) is 0 Å². The molecule has 0 radical (unpaired) electrons. The van der Waals surface area contributed by atoms with Gasteiger partial charge in [0.2, 0.25) is 11.8 Å². The molecule has 1 aromatic carbocycles. The summed E-state index contributed by atoms with van der Waals surface area (Å²) in [5, 5.41) is 2.75. The monoisotopic (exact) mass is 425 g/mol. The van der Waals surface area contributed by atoms with Crippen LogP contribution in [0.25, 0.3) is 0 Å². The topological polar surface area (TPSA) is 88.6 Å². The predicted octanol–water partition coefficient (Wildman–Crippen LogP) is 2.69. The number of carbonyl (C=O) groups excluding carboxylic acids is 3. The highest BCUT2D eigenvalue weighted by molar-refractivity contribution is 5.97. The first-order valence-electron chi connectivity index (χ1n) is 10.00. The van der Waals surface area contributed by atoms with E-state index < -0.39 is 17.7 Å². The summed E-state index contributed by atoms with van der Waals surface area (Å²) in [6.07, 6.45) is 3.26. The number of halogens is 1. The molecule has 0 saturated heterocycles. The number of nitrogens with zero attached hydrogens (tertiary/aromatic N) is 2. The number of ether oxygens (including phenoxy) is 1. The van der Waals surface area contributed by atoms with Gasteiger partial charge in [-0.1, -0.05) is 18.2 Å². The van der Waals surface area contributed by atoms with Gasteiger partial charge in [-0.05, 0) is 43.2 Å². The molecule has 0 saturated carbocycles. The van der Waals surface area contributed by atoms with E-state index in [1.165, 1.54) is 17.0 Å². The van der Waals surface area contributed by atoms with Crippen molar-refractivity contribution < 1.29 is 23.5 Å². The van der Waals surface area contributed by atoms with E-state index in [-0.39, 0.29) is 37.9 Å². The van der Waals surface area contributed by atoms with Crippen LogP contribution in [-0.2, 0) is 25.7 Å². The summed E-state index contributed by atoms with van der Waals surface area (Å²) in [5.41, 5.74) is 2.13. The van der Waals surface area contributed by atoms with Crippen LogP contribution >= 0.6 is 0 Å². The lowest BCUT2D eigenvalue weighted by atomic mass is 9.83. The summed E-state index contributed by atoms with van der Waals surface area (Å²) in [6.45, 7) is 3.54. The predicted molar refractivity (Wildman–Crippen MR) is 111 cm³/mol. The second kappa shape index (κ2) is 9.97. The molecule has 1 aliphatic heterocycles. The Balaban J connectivity index is 1.83. The highest BCUT2D eigenvalue weighted by Gasteiger charge is 2.37. The average Bonchev–Trinajstić information content (AvgIpc) is 2.76. The number of aromatic nitrogens is 1. The van der Waals surface area contributed by atoms with Crippen LogP contribution in [0.2, 0.25) is 0 Å². The smallest absolute Gasteiger partial charge is 0.336 e. The van der Waals surface area contributed by atoms with Crippen LogP contribution < -0.4 is 5.32 Å². The third-order valence-corrected chi connectivity index (χ3v) is 5.10. The van der Waals surface area contributed by atoms with Gasteiger partial charge in [0.05, 0.1) is 12.2 Å². The molecule has 1 atom stereocenters. The largest absolute Gasteiger partial charge is 0.463 e. The Kier molecular flexibility index (Phi) is 7.12. The van der Waals surface area contributed by atoms with E-state index in [1.54, 1.807) is 44.4 Å². The second-order valence-corrected chi connectivity index (χ2v) is 7.15. The number of carbonyl (C=O) groups is 3. The van der Waals surface area contributed by atoms with Crippen molar-refractivity contribution in [2.24, 2.45) is 0 Å². The molecule has 3 rings (SSSR count). The van der Waals surface area contributed by atoms with Gasteiger partial charge in [0.15, 0.2) is 0 Å². The Morgan fingerprint density at radius 1 is 1.26 bits per heavy atom. The molecule has 1 aliphatic rings. The molecule has 8 heteroatoms. The number of hydrogen-bond acceptors (Lipinski definition) is 5. The van der Waals surface area contributed by atoms with Gasteiger partial charge in [0.1, 0.15) is 12.4 Å². The third kappa shape index (κ3) is 5.33. The standard InChI is InChI=1S/C23H24FN3O4/c1-3-31-23(30)22-15(2)27(14-20(28)26-13-16-5-4-10-25-12-16)21(29)11-19(22)17-6-8-18(24)9-7-17/h4-10,12,19H,3,11,13-14H2,1-2H3,(H,26,28). The molecule has 0 fully saturated rings. The number of benzene rings is 1. The number of amides is 2. The summed E-state index contributed by atoms with van der Waals surface area (Å²) in [7, 11) is 0. The minimum absolute atomic E-state index is 0.0208. The molecule has 1 N–H and O–H groups in total. The van der Waals surface area contributed by atoms with E-state index in [0.717, 1.165) is 5.56 Å². The fourth-order valence-corrected chi connectivity index (χ4v) is 3.56. The summed E-state index contributed by atoms with van der Waals surface area (Å²) >= 11 is 0. The molecule has 0 aliphatic carbocycles. The van der Waals surface area contributed by atoms with Crippen molar-refractivity contribution in [3.05, 3.63) is 77.0 Å². The second-order valence-electron chi connectivity index (χ2n) is 7.15. The van der Waals surface area contributed by atoms with Crippen LogP contribution in [0, 0.1) is 5.82 Å². The van der Waals surface area contributed by atoms with E-state index in [2.05, 4.69) is 10.3 Å². The van der Waals surface area contributed by atoms with Gasteiger partial charge in [0, 0.05) is 37.0 Å². The lowest BCUT2D eigenvalue weighted by Crippen LogP contribution is -2.44. The van der Waals surface area contributed by atoms with E-state index in [9.17, 15) is 18.8 Å². The lowest BCUT2D eigenvalue weighted by Gasteiger charge is -2.34. The first kappa shape index (κ1) is 22.1. The van der Waals surface area contributed by atoms with Crippen LogP contribution in [-0.4, -0.2) is 40.8 Å². The summed E-state index contributed by atoms with van der Waals surface area (Å²) in [5.74, 6) is -2.18.